The zero-order chi connectivity index (χ0) is 14.7. The van der Waals surface area contributed by atoms with Crippen molar-refractivity contribution in [3.8, 4) is 11.5 Å². The molecule has 0 saturated heterocycles. The maximum Gasteiger partial charge on any atom is 0.249 e. The molecule has 0 aliphatic rings. The molecule has 2 aromatic heterocycles. The van der Waals surface area contributed by atoms with Crippen molar-refractivity contribution in [2.75, 3.05) is 0 Å². The standard InChI is InChI=1S/C14H18N4O2/c1-8(2)11(16-10(4)19)14-17-13(18-20-14)12-9(3)6-5-7-15-12/h5-8,11H,1-4H3,(H,16,19)/t11-/m1/s1. The number of aromatic nitrogens is 3. The van der Waals surface area contributed by atoms with Gasteiger partial charge >= 0.3 is 0 Å². The first-order chi connectivity index (χ1) is 9.49. The van der Waals surface area contributed by atoms with Crippen molar-refractivity contribution in [1.29, 1.82) is 0 Å². The molecule has 2 rings (SSSR count). The summed E-state index contributed by atoms with van der Waals surface area (Å²) in [5, 5.41) is 6.78. The largest absolute Gasteiger partial charge is 0.344 e. The third kappa shape index (κ3) is 3.01. The molecule has 0 fully saturated rings. The minimum Gasteiger partial charge on any atom is -0.344 e. The second kappa shape index (κ2) is 5.81. The Morgan fingerprint density at radius 3 is 2.75 bits per heavy atom. The van der Waals surface area contributed by atoms with Gasteiger partial charge in [-0.2, -0.15) is 4.98 Å². The summed E-state index contributed by atoms with van der Waals surface area (Å²) in [6, 6.07) is 3.50. The highest BCUT2D eigenvalue weighted by Gasteiger charge is 2.24. The van der Waals surface area contributed by atoms with Crippen LogP contribution in [0.2, 0.25) is 0 Å². The van der Waals surface area contributed by atoms with E-state index < -0.39 is 0 Å². The van der Waals surface area contributed by atoms with Gasteiger partial charge in [0, 0.05) is 13.1 Å². The summed E-state index contributed by atoms with van der Waals surface area (Å²) in [6.07, 6.45) is 1.69. The van der Waals surface area contributed by atoms with Crippen molar-refractivity contribution in [3.05, 3.63) is 29.8 Å². The molecule has 6 nitrogen and oxygen atoms in total. The molecular formula is C14H18N4O2. The van der Waals surface area contributed by atoms with Crippen LogP contribution in [-0.2, 0) is 4.79 Å². The number of carbonyl (C=O) groups is 1. The van der Waals surface area contributed by atoms with Gasteiger partial charge in [0.05, 0.1) is 0 Å². The summed E-state index contributed by atoms with van der Waals surface area (Å²) < 4.78 is 5.28. The van der Waals surface area contributed by atoms with Crippen molar-refractivity contribution < 1.29 is 9.32 Å². The molecule has 0 spiro atoms. The molecule has 0 bridgehead atoms. The quantitative estimate of drug-likeness (QED) is 0.925. The van der Waals surface area contributed by atoms with E-state index in [2.05, 4.69) is 20.4 Å². The third-order valence-corrected chi connectivity index (χ3v) is 2.95. The summed E-state index contributed by atoms with van der Waals surface area (Å²) in [7, 11) is 0. The average Bonchev–Trinajstić information content (AvgIpc) is 2.85. The molecule has 2 heterocycles. The Morgan fingerprint density at radius 1 is 1.40 bits per heavy atom. The Balaban J connectivity index is 2.32. The van der Waals surface area contributed by atoms with Gasteiger partial charge in [-0.15, -0.1) is 0 Å². The molecule has 1 amide bonds. The van der Waals surface area contributed by atoms with Crippen LogP contribution >= 0.6 is 0 Å². The molecule has 6 heteroatoms. The van der Waals surface area contributed by atoms with Crippen molar-refractivity contribution in [1.82, 2.24) is 20.4 Å². The van der Waals surface area contributed by atoms with Gasteiger partial charge in [-0.1, -0.05) is 25.1 Å². The van der Waals surface area contributed by atoms with Gasteiger partial charge in [0.25, 0.3) is 0 Å². The minimum atomic E-state index is -0.294. The Kier molecular flexibility index (Phi) is 4.12. The first-order valence-corrected chi connectivity index (χ1v) is 6.51. The molecule has 1 N–H and O–H groups in total. The second-order valence-corrected chi connectivity index (χ2v) is 5.05. The molecule has 20 heavy (non-hydrogen) atoms. The number of hydrogen-bond donors (Lipinski definition) is 1. The van der Waals surface area contributed by atoms with Gasteiger partial charge in [0.15, 0.2) is 0 Å². The molecule has 106 valence electrons. The van der Waals surface area contributed by atoms with Crippen LogP contribution in [0, 0.1) is 12.8 Å². The van der Waals surface area contributed by atoms with Gasteiger partial charge in [-0.3, -0.25) is 9.78 Å². The van der Waals surface area contributed by atoms with Gasteiger partial charge in [-0.05, 0) is 24.5 Å². The average molecular weight is 274 g/mol. The lowest BCUT2D eigenvalue weighted by molar-refractivity contribution is -0.120. The number of rotatable bonds is 4. The van der Waals surface area contributed by atoms with Gasteiger partial charge < -0.3 is 9.84 Å². The second-order valence-electron chi connectivity index (χ2n) is 5.05. The van der Waals surface area contributed by atoms with E-state index in [4.69, 9.17) is 4.52 Å². The molecule has 2 aromatic rings. The maximum absolute atomic E-state index is 11.2. The minimum absolute atomic E-state index is 0.127. The van der Waals surface area contributed by atoms with Crippen LogP contribution in [0.4, 0.5) is 0 Å². The highest BCUT2D eigenvalue weighted by molar-refractivity contribution is 5.73. The Hall–Kier alpha value is -2.24. The third-order valence-electron chi connectivity index (χ3n) is 2.95. The lowest BCUT2D eigenvalue weighted by Crippen LogP contribution is -2.29. The van der Waals surface area contributed by atoms with Crippen LogP contribution in [0.3, 0.4) is 0 Å². The molecule has 0 saturated carbocycles. The zero-order valence-corrected chi connectivity index (χ0v) is 12.0. The van der Waals surface area contributed by atoms with E-state index in [9.17, 15) is 4.79 Å². The molecule has 0 aromatic carbocycles. The van der Waals surface area contributed by atoms with Crippen LogP contribution in [0.25, 0.3) is 11.5 Å². The Bertz CT molecular complexity index is 607. The number of aryl methyl sites for hydroxylation is 1. The van der Waals surface area contributed by atoms with Crippen LogP contribution in [-0.4, -0.2) is 21.0 Å². The van der Waals surface area contributed by atoms with E-state index in [0.717, 1.165) is 5.56 Å². The summed E-state index contributed by atoms with van der Waals surface area (Å²) in [4.78, 5) is 19.9. The van der Waals surface area contributed by atoms with Crippen LogP contribution < -0.4 is 5.32 Å². The number of hydrogen-bond acceptors (Lipinski definition) is 5. The predicted molar refractivity (Wildman–Crippen MR) is 73.7 cm³/mol. The lowest BCUT2D eigenvalue weighted by atomic mass is 10.0. The zero-order valence-electron chi connectivity index (χ0n) is 12.0. The van der Waals surface area contributed by atoms with Gasteiger partial charge in [-0.25, -0.2) is 0 Å². The highest BCUT2D eigenvalue weighted by atomic mass is 16.5. The van der Waals surface area contributed by atoms with Crippen molar-refractivity contribution >= 4 is 5.91 Å². The van der Waals surface area contributed by atoms with E-state index in [-0.39, 0.29) is 17.9 Å². The van der Waals surface area contributed by atoms with E-state index in [1.165, 1.54) is 6.92 Å². The van der Waals surface area contributed by atoms with E-state index in [1.807, 2.05) is 32.9 Å². The van der Waals surface area contributed by atoms with Crippen LogP contribution in [0.1, 0.15) is 38.3 Å². The van der Waals surface area contributed by atoms with Gasteiger partial charge in [0.1, 0.15) is 11.7 Å². The number of nitrogens with zero attached hydrogens (tertiary/aromatic N) is 3. The normalized spacial score (nSPS) is 12.4. The van der Waals surface area contributed by atoms with E-state index in [0.29, 0.717) is 17.4 Å². The fourth-order valence-electron chi connectivity index (χ4n) is 1.91. The van der Waals surface area contributed by atoms with E-state index >= 15 is 0 Å². The molecular weight excluding hydrogens is 256 g/mol. The van der Waals surface area contributed by atoms with Crippen LogP contribution in [0.15, 0.2) is 22.9 Å². The smallest absolute Gasteiger partial charge is 0.249 e. The number of amides is 1. The van der Waals surface area contributed by atoms with Crippen molar-refractivity contribution in [3.63, 3.8) is 0 Å². The van der Waals surface area contributed by atoms with Crippen LogP contribution in [0.5, 0.6) is 0 Å². The molecule has 0 aliphatic carbocycles. The molecule has 1 atom stereocenters. The highest BCUT2D eigenvalue weighted by Crippen LogP contribution is 2.23. The number of nitrogens with one attached hydrogen (secondary N) is 1. The first-order valence-electron chi connectivity index (χ1n) is 6.51. The summed E-state index contributed by atoms with van der Waals surface area (Å²) in [5.41, 5.74) is 1.66. The lowest BCUT2D eigenvalue weighted by Gasteiger charge is -2.16. The van der Waals surface area contributed by atoms with Gasteiger partial charge in [0.2, 0.25) is 17.6 Å². The first kappa shape index (κ1) is 14.2. The van der Waals surface area contributed by atoms with Crippen molar-refractivity contribution in [2.45, 2.75) is 33.7 Å². The monoisotopic (exact) mass is 274 g/mol. The SMILES string of the molecule is CC(=O)N[C@@H](c1nc(-c2ncccc2C)no1)C(C)C. The summed E-state index contributed by atoms with van der Waals surface area (Å²) in [5.74, 6) is 0.860. The Morgan fingerprint density at radius 2 is 2.15 bits per heavy atom. The fourth-order valence-corrected chi connectivity index (χ4v) is 1.91. The van der Waals surface area contributed by atoms with E-state index in [1.54, 1.807) is 6.20 Å². The topological polar surface area (TPSA) is 80.9 Å². The van der Waals surface area contributed by atoms with Crippen molar-refractivity contribution in [2.24, 2.45) is 5.92 Å². The maximum atomic E-state index is 11.2. The predicted octanol–water partition coefficient (Wildman–Crippen LogP) is 2.27. The number of pyridine rings is 1. The molecule has 0 radical (unpaired) electrons. The summed E-state index contributed by atoms with van der Waals surface area (Å²) >= 11 is 0. The number of carbonyl (C=O) groups excluding carboxylic acids is 1. The molecule has 0 aliphatic heterocycles. The summed E-state index contributed by atoms with van der Waals surface area (Å²) in [6.45, 7) is 7.37. The fraction of sp³-hybridized carbons (Fsp3) is 0.429. The molecule has 0 unspecified atom stereocenters. The Labute approximate surface area is 117 Å².